The standard InChI is InChI=1S/C8H19N.C7H8O3S/c1-2-3-4-5-6-7-8-9;1-6-4-2-3-5-7(6)11(8,9)10/h2-9H2,1H3;2-5H,1H3,(H,8,9,10). The van der Waals surface area contributed by atoms with Gasteiger partial charge in [0.15, 0.2) is 0 Å². The molecule has 0 unspecified atom stereocenters. The van der Waals surface area contributed by atoms with Gasteiger partial charge >= 0.3 is 0 Å². The van der Waals surface area contributed by atoms with Crippen molar-refractivity contribution in [3.8, 4) is 0 Å². The summed E-state index contributed by atoms with van der Waals surface area (Å²) in [4.78, 5) is -0.0278. The fourth-order valence-electron chi connectivity index (χ4n) is 1.77. The highest BCUT2D eigenvalue weighted by molar-refractivity contribution is 7.85. The van der Waals surface area contributed by atoms with Crippen molar-refractivity contribution in [3.63, 3.8) is 0 Å². The van der Waals surface area contributed by atoms with Crippen LogP contribution in [0.1, 0.15) is 51.0 Å². The van der Waals surface area contributed by atoms with Crippen LogP contribution >= 0.6 is 0 Å². The maximum absolute atomic E-state index is 10.6. The van der Waals surface area contributed by atoms with Gasteiger partial charge in [-0.15, -0.1) is 0 Å². The molecule has 1 rings (SSSR count). The number of unbranched alkanes of at least 4 members (excludes halogenated alkanes) is 5. The first kappa shape index (κ1) is 19.1. The van der Waals surface area contributed by atoms with Gasteiger partial charge in [0.2, 0.25) is 0 Å². The fraction of sp³-hybridized carbons (Fsp3) is 0.600. The first-order valence-corrected chi connectivity index (χ1v) is 8.60. The minimum atomic E-state index is -4.03. The van der Waals surface area contributed by atoms with Gasteiger partial charge in [-0.05, 0) is 31.5 Å². The Balaban J connectivity index is 0.000000370. The van der Waals surface area contributed by atoms with Crippen molar-refractivity contribution in [2.45, 2.75) is 57.3 Å². The monoisotopic (exact) mass is 301 g/mol. The molecule has 0 heterocycles. The van der Waals surface area contributed by atoms with Gasteiger partial charge in [0.25, 0.3) is 10.1 Å². The van der Waals surface area contributed by atoms with E-state index in [2.05, 4.69) is 6.92 Å². The summed E-state index contributed by atoms with van der Waals surface area (Å²) >= 11 is 0. The van der Waals surface area contributed by atoms with Crippen molar-refractivity contribution in [1.29, 1.82) is 0 Å². The Labute approximate surface area is 123 Å². The van der Waals surface area contributed by atoms with Gasteiger partial charge in [-0.3, -0.25) is 4.55 Å². The van der Waals surface area contributed by atoms with E-state index in [9.17, 15) is 8.42 Å². The summed E-state index contributed by atoms with van der Waals surface area (Å²) in [5.74, 6) is 0. The molecule has 0 radical (unpaired) electrons. The smallest absolute Gasteiger partial charge is 0.294 e. The normalized spacial score (nSPS) is 10.8. The molecule has 0 spiro atoms. The van der Waals surface area contributed by atoms with E-state index in [0.717, 1.165) is 6.54 Å². The lowest BCUT2D eigenvalue weighted by atomic mass is 10.1. The van der Waals surface area contributed by atoms with Crippen LogP contribution < -0.4 is 5.73 Å². The minimum Gasteiger partial charge on any atom is -0.330 e. The summed E-state index contributed by atoms with van der Waals surface area (Å²) in [7, 11) is -4.03. The Hall–Kier alpha value is -0.910. The molecular weight excluding hydrogens is 274 g/mol. The van der Waals surface area contributed by atoms with Crippen LogP contribution in [0.3, 0.4) is 0 Å². The number of rotatable bonds is 7. The summed E-state index contributed by atoms with van der Waals surface area (Å²) in [5, 5.41) is 0. The molecule has 1 aromatic rings. The van der Waals surface area contributed by atoms with Crippen molar-refractivity contribution in [1.82, 2.24) is 0 Å². The topological polar surface area (TPSA) is 80.4 Å². The first-order chi connectivity index (χ1) is 9.43. The van der Waals surface area contributed by atoms with Gasteiger partial charge in [0, 0.05) is 0 Å². The summed E-state index contributed by atoms with van der Waals surface area (Å²) in [6.45, 7) is 4.73. The lowest BCUT2D eigenvalue weighted by Crippen LogP contribution is -1.99. The molecule has 1 aromatic carbocycles. The van der Waals surface area contributed by atoms with Crippen LogP contribution in [0.2, 0.25) is 0 Å². The minimum absolute atomic E-state index is 0.0278. The van der Waals surface area contributed by atoms with Crippen LogP contribution in [-0.2, 0) is 10.1 Å². The quantitative estimate of drug-likeness (QED) is 0.596. The summed E-state index contributed by atoms with van der Waals surface area (Å²) in [6, 6.07) is 6.27. The average Bonchev–Trinajstić information content (AvgIpc) is 2.39. The average molecular weight is 301 g/mol. The highest BCUT2D eigenvalue weighted by Gasteiger charge is 2.10. The van der Waals surface area contributed by atoms with Gasteiger partial charge < -0.3 is 5.73 Å². The third-order valence-electron chi connectivity index (χ3n) is 2.93. The predicted molar refractivity (Wildman–Crippen MR) is 83.4 cm³/mol. The molecule has 0 saturated heterocycles. The van der Waals surface area contributed by atoms with E-state index < -0.39 is 10.1 Å². The molecule has 116 valence electrons. The second-order valence-corrected chi connectivity index (χ2v) is 6.19. The molecular formula is C15H27NO3S. The Kier molecular flexibility index (Phi) is 10.3. The highest BCUT2D eigenvalue weighted by Crippen LogP contribution is 2.12. The number of aryl methyl sites for hydroxylation is 1. The van der Waals surface area contributed by atoms with Crippen molar-refractivity contribution >= 4 is 10.1 Å². The van der Waals surface area contributed by atoms with Gasteiger partial charge in [0.05, 0.1) is 4.90 Å². The van der Waals surface area contributed by atoms with Crippen molar-refractivity contribution in [2.24, 2.45) is 5.73 Å². The number of benzene rings is 1. The maximum atomic E-state index is 10.6. The first-order valence-electron chi connectivity index (χ1n) is 7.16. The Bertz CT molecular complexity index is 452. The molecule has 0 bridgehead atoms. The lowest BCUT2D eigenvalue weighted by Gasteiger charge is -1.99. The van der Waals surface area contributed by atoms with Crippen LogP contribution in [0.15, 0.2) is 29.2 Å². The van der Waals surface area contributed by atoms with Crippen LogP contribution in [0.4, 0.5) is 0 Å². The number of hydrogen-bond acceptors (Lipinski definition) is 3. The Morgan fingerprint density at radius 2 is 1.60 bits per heavy atom. The summed E-state index contributed by atoms with van der Waals surface area (Å²) in [5.41, 5.74) is 5.89. The fourth-order valence-corrected chi connectivity index (χ4v) is 2.50. The molecule has 0 aliphatic carbocycles. The Morgan fingerprint density at radius 3 is 2.05 bits per heavy atom. The van der Waals surface area contributed by atoms with Crippen molar-refractivity contribution < 1.29 is 13.0 Å². The van der Waals surface area contributed by atoms with Crippen molar-refractivity contribution in [3.05, 3.63) is 29.8 Å². The zero-order chi connectivity index (χ0) is 15.4. The van der Waals surface area contributed by atoms with Gasteiger partial charge in [0.1, 0.15) is 0 Å². The molecule has 0 atom stereocenters. The highest BCUT2D eigenvalue weighted by atomic mass is 32.2. The molecule has 0 aliphatic rings. The van der Waals surface area contributed by atoms with Crippen LogP contribution in [-0.4, -0.2) is 19.5 Å². The zero-order valence-corrected chi connectivity index (χ0v) is 13.3. The van der Waals surface area contributed by atoms with E-state index >= 15 is 0 Å². The summed E-state index contributed by atoms with van der Waals surface area (Å²) < 4.78 is 29.9. The molecule has 0 fully saturated rings. The zero-order valence-electron chi connectivity index (χ0n) is 12.5. The van der Waals surface area contributed by atoms with E-state index in [1.54, 1.807) is 25.1 Å². The second-order valence-electron chi connectivity index (χ2n) is 4.80. The van der Waals surface area contributed by atoms with Crippen LogP contribution in [0.25, 0.3) is 0 Å². The molecule has 0 aliphatic heterocycles. The SMILES string of the molecule is CCCCCCCCN.Cc1ccccc1S(=O)(=O)O. The van der Waals surface area contributed by atoms with E-state index in [-0.39, 0.29) is 4.90 Å². The van der Waals surface area contributed by atoms with E-state index in [0.29, 0.717) is 5.56 Å². The third kappa shape index (κ3) is 9.07. The van der Waals surface area contributed by atoms with Gasteiger partial charge in [-0.1, -0.05) is 57.2 Å². The number of nitrogens with two attached hydrogens (primary N) is 1. The van der Waals surface area contributed by atoms with Crippen LogP contribution in [0.5, 0.6) is 0 Å². The second kappa shape index (κ2) is 10.8. The molecule has 0 saturated carbocycles. The maximum Gasteiger partial charge on any atom is 0.294 e. The lowest BCUT2D eigenvalue weighted by molar-refractivity contribution is 0.482. The molecule has 3 N–H and O–H groups in total. The Morgan fingerprint density at radius 1 is 1.05 bits per heavy atom. The third-order valence-corrected chi connectivity index (χ3v) is 3.94. The summed E-state index contributed by atoms with van der Waals surface area (Å²) in [6.07, 6.45) is 8.05. The van der Waals surface area contributed by atoms with E-state index in [4.69, 9.17) is 10.3 Å². The number of hydrogen-bond donors (Lipinski definition) is 2. The van der Waals surface area contributed by atoms with Crippen LogP contribution in [0, 0.1) is 6.92 Å². The van der Waals surface area contributed by atoms with Crippen molar-refractivity contribution in [2.75, 3.05) is 6.54 Å². The van der Waals surface area contributed by atoms with Gasteiger partial charge in [-0.2, -0.15) is 8.42 Å². The molecule has 0 amide bonds. The predicted octanol–water partition coefficient (Wildman–Crippen LogP) is 3.55. The van der Waals surface area contributed by atoms with E-state index in [1.165, 1.54) is 44.6 Å². The molecule has 20 heavy (non-hydrogen) atoms. The largest absolute Gasteiger partial charge is 0.330 e. The van der Waals surface area contributed by atoms with Gasteiger partial charge in [-0.25, -0.2) is 0 Å². The molecule has 4 nitrogen and oxygen atoms in total. The molecule has 5 heteroatoms. The van der Waals surface area contributed by atoms with E-state index in [1.807, 2.05) is 0 Å². The molecule has 0 aromatic heterocycles.